The predicted molar refractivity (Wildman–Crippen MR) is 70.3 cm³/mol. The lowest BCUT2D eigenvalue weighted by atomic mass is 10.1. The number of benzene rings is 1. The first-order valence-electron chi connectivity index (χ1n) is 5.71. The van der Waals surface area contributed by atoms with E-state index in [9.17, 15) is 10.1 Å². The van der Waals surface area contributed by atoms with Crippen molar-refractivity contribution in [3.8, 4) is 5.69 Å². The van der Waals surface area contributed by atoms with Crippen LogP contribution in [-0.2, 0) is 0 Å². The second kappa shape index (κ2) is 4.16. The van der Waals surface area contributed by atoms with Crippen LogP contribution in [0.5, 0.6) is 0 Å². The molecule has 0 aliphatic carbocycles. The van der Waals surface area contributed by atoms with Crippen molar-refractivity contribution < 1.29 is 4.92 Å². The highest BCUT2D eigenvalue weighted by atomic mass is 16.6. The molecule has 0 saturated carbocycles. The third-order valence-electron chi connectivity index (χ3n) is 2.86. The number of non-ortho nitro benzene ring substituents is 1. The lowest BCUT2D eigenvalue weighted by Gasteiger charge is -2.07. The molecular formula is C13H10N4O2. The topological polar surface area (TPSA) is 73.8 Å². The van der Waals surface area contributed by atoms with E-state index in [1.54, 1.807) is 29.2 Å². The Labute approximate surface area is 108 Å². The Morgan fingerprint density at radius 1 is 1.32 bits per heavy atom. The number of nitrogens with zero attached hydrogens (tertiary/aromatic N) is 4. The van der Waals surface area contributed by atoms with Crippen LogP contribution in [0.4, 0.5) is 5.69 Å². The molecule has 0 fully saturated rings. The number of rotatable bonds is 2. The van der Waals surface area contributed by atoms with Gasteiger partial charge in [-0.05, 0) is 25.1 Å². The summed E-state index contributed by atoms with van der Waals surface area (Å²) >= 11 is 0. The molecule has 2 heterocycles. The Hall–Kier alpha value is -2.76. The highest BCUT2D eigenvalue weighted by Gasteiger charge is 2.11. The predicted octanol–water partition coefficient (Wildman–Crippen LogP) is 2.64. The van der Waals surface area contributed by atoms with Crippen LogP contribution in [0.25, 0.3) is 16.6 Å². The number of fused-ring (bicyclic) bond motifs is 1. The van der Waals surface area contributed by atoms with E-state index in [1.165, 1.54) is 12.1 Å². The van der Waals surface area contributed by atoms with Gasteiger partial charge in [-0.25, -0.2) is 4.68 Å². The van der Waals surface area contributed by atoms with Gasteiger partial charge in [0.2, 0.25) is 0 Å². The summed E-state index contributed by atoms with van der Waals surface area (Å²) in [5, 5.41) is 15.8. The smallest absolute Gasteiger partial charge is 0.258 e. The molecular weight excluding hydrogens is 244 g/mol. The maximum absolute atomic E-state index is 10.9. The molecule has 0 spiro atoms. The van der Waals surface area contributed by atoms with Crippen LogP contribution >= 0.6 is 0 Å². The van der Waals surface area contributed by atoms with Crippen molar-refractivity contribution in [2.45, 2.75) is 6.92 Å². The van der Waals surface area contributed by atoms with Gasteiger partial charge in [0.25, 0.3) is 5.69 Å². The molecule has 19 heavy (non-hydrogen) atoms. The minimum atomic E-state index is -0.411. The SMILES string of the molecule is Cc1cc(-n2cccn2)c2cc([N+](=O)[O-])ccc2n1. The van der Waals surface area contributed by atoms with Gasteiger partial charge in [0.05, 0.1) is 16.1 Å². The molecule has 0 unspecified atom stereocenters. The first-order chi connectivity index (χ1) is 9.15. The fourth-order valence-corrected chi connectivity index (χ4v) is 2.04. The van der Waals surface area contributed by atoms with Crippen LogP contribution in [-0.4, -0.2) is 19.7 Å². The molecule has 0 N–H and O–H groups in total. The van der Waals surface area contributed by atoms with Gasteiger partial charge in [0.15, 0.2) is 0 Å². The zero-order chi connectivity index (χ0) is 13.4. The molecule has 94 valence electrons. The Balaban J connectivity index is 2.35. The molecule has 0 bridgehead atoms. The number of nitro benzene ring substituents is 1. The van der Waals surface area contributed by atoms with Crippen molar-refractivity contribution in [3.63, 3.8) is 0 Å². The van der Waals surface area contributed by atoms with Crippen molar-refractivity contribution in [2.24, 2.45) is 0 Å². The molecule has 0 amide bonds. The molecule has 0 aliphatic heterocycles. The van der Waals surface area contributed by atoms with Crippen LogP contribution in [0, 0.1) is 17.0 Å². The van der Waals surface area contributed by atoms with E-state index in [2.05, 4.69) is 10.1 Å². The van der Waals surface area contributed by atoms with Crippen LogP contribution in [0.3, 0.4) is 0 Å². The van der Waals surface area contributed by atoms with Crippen LogP contribution < -0.4 is 0 Å². The third-order valence-corrected chi connectivity index (χ3v) is 2.86. The van der Waals surface area contributed by atoms with Crippen molar-refractivity contribution in [3.05, 3.63) is 58.5 Å². The van der Waals surface area contributed by atoms with Crippen LogP contribution in [0.1, 0.15) is 5.69 Å². The Bertz CT molecular complexity index is 766. The van der Waals surface area contributed by atoms with Crippen LogP contribution in [0.15, 0.2) is 42.7 Å². The maximum Gasteiger partial charge on any atom is 0.270 e. The molecule has 0 atom stereocenters. The normalized spacial score (nSPS) is 10.8. The molecule has 3 rings (SSSR count). The standard InChI is InChI=1S/C13H10N4O2/c1-9-7-13(16-6-2-5-14-16)11-8-10(17(18)19)3-4-12(11)15-9/h2-8H,1H3. The van der Waals surface area contributed by atoms with E-state index in [-0.39, 0.29) is 5.69 Å². The molecule has 0 aliphatic rings. The average molecular weight is 254 g/mol. The van der Waals surface area contributed by atoms with Gasteiger partial charge < -0.3 is 0 Å². The quantitative estimate of drug-likeness (QED) is 0.520. The Kier molecular flexibility index (Phi) is 2.49. The molecule has 6 heteroatoms. The van der Waals surface area contributed by atoms with Gasteiger partial charge in [-0.1, -0.05) is 0 Å². The number of hydrogen-bond acceptors (Lipinski definition) is 4. The van der Waals surface area contributed by atoms with Gasteiger partial charge in [-0.3, -0.25) is 15.1 Å². The van der Waals surface area contributed by atoms with E-state index in [0.717, 1.165) is 16.9 Å². The molecule has 1 aromatic carbocycles. The second-order valence-corrected chi connectivity index (χ2v) is 4.19. The summed E-state index contributed by atoms with van der Waals surface area (Å²) in [6, 6.07) is 8.31. The van der Waals surface area contributed by atoms with Crippen LogP contribution in [0.2, 0.25) is 0 Å². The van der Waals surface area contributed by atoms with Crippen molar-refractivity contribution >= 4 is 16.6 Å². The summed E-state index contributed by atoms with van der Waals surface area (Å²) in [5.74, 6) is 0. The van der Waals surface area contributed by atoms with E-state index >= 15 is 0 Å². The van der Waals surface area contributed by atoms with Gasteiger partial charge in [0.1, 0.15) is 0 Å². The monoisotopic (exact) mass is 254 g/mol. The molecule has 6 nitrogen and oxygen atoms in total. The Morgan fingerprint density at radius 2 is 2.16 bits per heavy atom. The van der Waals surface area contributed by atoms with Crippen molar-refractivity contribution in [1.29, 1.82) is 0 Å². The zero-order valence-corrected chi connectivity index (χ0v) is 10.1. The largest absolute Gasteiger partial charge is 0.270 e. The minimum Gasteiger partial charge on any atom is -0.258 e. The summed E-state index contributed by atoms with van der Waals surface area (Å²) in [6.07, 6.45) is 3.46. The summed E-state index contributed by atoms with van der Waals surface area (Å²) in [5.41, 5.74) is 2.39. The third kappa shape index (κ3) is 1.93. The lowest BCUT2D eigenvalue weighted by Crippen LogP contribution is -1.99. The van der Waals surface area contributed by atoms with E-state index in [0.29, 0.717) is 5.39 Å². The highest BCUT2D eigenvalue weighted by molar-refractivity contribution is 5.89. The molecule has 2 aromatic heterocycles. The van der Waals surface area contributed by atoms with Crippen molar-refractivity contribution in [1.82, 2.24) is 14.8 Å². The Morgan fingerprint density at radius 3 is 2.84 bits per heavy atom. The van der Waals surface area contributed by atoms with E-state index in [1.807, 2.05) is 13.0 Å². The number of pyridine rings is 1. The minimum absolute atomic E-state index is 0.0477. The number of nitro groups is 1. The number of aryl methyl sites for hydroxylation is 1. The first-order valence-corrected chi connectivity index (χ1v) is 5.71. The fraction of sp³-hybridized carbons (Fsp3) is 0.0769. The average Bonchev–Trinajstić information content (AvgIpc) is 2.90. The summed E-state index contributed by atoms with van der Waals surface area (Å²) in [4.78, 5) is 14.8. The van der Waals surface area contributed by atoms with E-state index < -0.39 is 4.92 Å². The fourth-order valence-electron chi connectivity index (χ4n) is 2.04. The number of hydrogen-bond donors (Lipinski definition) is 0. The molecule has 3 aromatic rings. The maximum atomic E-state index is 10.9. The van der Waals surface area contributed by atoms with E-state index in [4.69, 9.17) is 0 Å². The van der Waals surface area contributed by atoms with Gasteiger partial charge in [0, 0.05) is 35.6 Å². The van der Waals surface area contributed by atoms with Gasteiger partial charge in [-0.2, -0.15) is 5.10 Å². The van der Waals surface area contributed by atoms with Crippen molar-refractivity contribution in [2.75, 3.05) is 0 Å². The molecule has 0 saturated heterocycles. The number of aromatic nitrogens is 3. The first kappa shape index (κ1) is 11.3. The summed E-state index contributed by atoms with van der Waals surface area (Å²) in [6.45, 7) is 1.88. The van der Waals surface area contributed by atoms with Gasteiger partial charge >= 0.3 is 0 Å². The second-order valence-electron chi connectivity index (χ2n) is 4.19. The summed E-state index contributed by atoms with van der Waals surface area (Å²) in [7, 11) is 0. The lowest BCUT2D eigenvalue weighted by molar-refractivity contribution is -0.384. The molecule has 0 radical (unpaired) electrons. The zero-order valence-electron chi connectivity index (χ0n) is 10.1. The van der Waals surface area contributed by atoms with Gasteiger partial charge in [-0.15, -0.1) is 0 Å². The summed E-state index contributed by atoms with van der Waals surface area (Å²) < 4.78 is 1.68. The highest BCUT2D eigenvalue weighted by Crippen LogP contribution is 2.25.